The van der Waals surface area contributed by atoms with Crippen molar-refractivity contribution in [2.24, 2.45) is 0 Å². The molecule has 0 aliphatic heterocycles. The predicted octanol–water partition coefficient (Wildman–Crippen LogP) is 4.98. The van der Waals surface area contributed by atoms with Crippen molar-refractivity contribution in [3.8, 4) is 11.8 Å². The molecule has 2 N–H and O–H groups in total. The van der Waals surface area contributed by atoms with Crippen LogP contribution in [0.3, 0.4) is 0 Å². The standard InChI is InChI=1S/C28H23N5O/c29-17-21-8-6-20(7-9-21)12-13-31-27(22-4-2-1-3-5-22)28(34)25-18-32-26-16-23(10-11-24(25)26)33-15-14-30-19-33/h1-11,14-16,18-19,27,31-32H,12-13H2. The number of hydrogen-bond donors (Lipinski definition) is 2. The molecule has 34 heavy (non-hydrogen) atoms. The number of nitriles is 1. The van der Waals surface area contributed by atoms with E-state index in [2.05, 4.69) is 21.4 Å². The Kier molecular flexibility index (Phi) is 6.02. The van der Waals surface area contributed by atoms with E-state index in [4.69, 9.17) is 5.26 Å². The second-order valence-electron chi connectivity index (χ2n) is 8.12. The van der Waals surface area contributed by atoms with E-state index < -0.39 is 6.04 Å². The van der Waals surface area contributed by atoms with Gasteiger partial charge in [0.25, 0.3) is 0 Å². The maximum atomic E-state index is 13.7. The lowest BCUT2D eigenvalue weighted by atomic mass is 9.96. The molecule has 0 fully saturated rings. The quantitative estimate of drug-likeness (QED) is 0.330. The van der Waals surface area contributed by atoms with Crippen LogP contribution in [0.25, 0.3) is 16.6 Å². The molecule has 0 saturated heterocycles. The highest BCUT2D eigenvalue weighted by atomic mass is 16.1. The summed E-state index contributed by atoms with van der Waals surface area (Å²) in [6, 6.07) is 25.0. The number of fused-ring (bicyclic) bond motifs is 1. The molecule has 6 heteroatoms. The third-order valence-electron chi connectivity index (χ3n) is 5.97. The van der Waals surface area contributed by atoms with Gasteiger partial charge in [-0.1, -0.05) is 48.5 Å². The van der Waals surface area contributed by atoms with Crippen LogP contribution in [-0.4, -0.2) is 26.9 Å². The van der Waals surface area contributed by atoms with Gasteiger partial charge in [-0.15, -0.1) is 0 Å². The molecular formula is C28H23N5O. The molecule has 1 atom stereocenters. The number of hydrogen-bond acceptors (Lipinski definition) is 4. The monoisotopic (exact) mass is 445 g/mol. The summed E-state index contributed by atoms with van der Waals surface area (Å²) >= 11 is 0. The smallest absolute Gasteiger partial charge is 0.186 e. The average molecular weight is 446 g/mol. The summed E-state index contributed by atoms with van der Waals surface area (Å²) < 4.78 is 1.93. The van der Waals surface area contributed by atoms with Gasteiger partial charge in [0, 0.05) is 47.3 Å². The van der Waals surface area contributed by atoms with Crippen molar-refractivity contribution in [1.29, 1.82) is 5.26 Å². The molecular weight excluding hydrogens is 422 g/mol. The number of imidazole rings is 1. The third-order valence-corrected chi connectivity index (χ3v) is 5.97. The van der Waals surface area contributed by atoms with Gasteiger partial charge in [0.05, 0.1) is 24.0 Å². The van der Waals surface area contributed by atoms with Gasteiger partial charge in [-0.25, -0.2) is 4.98 Å². The summed E-state index contributed by atoms with van der Waals surface area (Å²) in [6.07, 6.45) is 7.92. The summed E-state index contributed by atoms with van der Waals surface area (Å²) in [5.41, 5.74) is 5.23. The van der Waals surface area contributed by atoms with Crippen LogP contribution in [0.2, 0.25) is 0 Å². The Morgan fingerprint density at radius 1 is 1.09 bits per heavy atom. The fraction of sp³-hybridized carbons (Fsp3) is 0.107. The highest BCUT2D eigenvalue weighted by Gasteiger charge is 2.24. The van der Waals surface area contributed by atoms with E-state index in [0.717, 1.165) is 34.1 Å². The third kappa shape index (κ3) is 4.38. The normalized spacial score (nSPS) is 11.9. The van der Waals surface area contributed by atoms with Crippen molar-refractivity contribution in [1.82, 2.24) is 19.9 Å². The van der Waals surface area contributed by atoms with Crippen LogP contribution in [-0.2, 0) is 6.42 Å². The average Bonchev–Trinajstić information content (AvgIpc) is 3.57. The number of nitrogens with zero attached hydrogens (tertiary/aromatic N) is 3. The lowest BCUT2D eigenvalue weighted by Gasteiger charge is -2.18. The molecule has 1 unspecified atom stereocenters. The first-order valence-corrected chi connectivity index (χ1v) is 11.1. The van der Waals surface area contributed by atoms with E-state index in [1.165, 1.54) is 0 Å². The highest BCUT2D eigenvalue weighted by Crippen LogP contribution is 2.26. The molecule has 0 saturated carbocycles. The fourth-order valence-corrected chi connectivity index (χ4v) is 4.16. The van der Waals surface area contributed by atoms with Crippen molar-refractivity contribution in [3.05, 3.63) is 120 Å². The molecule has 5 rings (SSSR count). The number of rotatable bonds is 8. The van der Waals surface area contributed by atoms with Gasteiger partial charge in [0.15, 0.2) is 5.78 Å². The minimum Gasteiger partial charge on any atom is -0.360 e. The molecule has 3 aromatic carbocycles. The van der Waals surface area contributed by atoms with Crippen LogP contribution >= 0.6 is 0 Å². The number of aromatic nitrogens is 3. The Hall–Kier alpha value is -4.47. The second-order valence-corrected chi connectivity index (χ2v) is 8.12. The number of carbonyl (C=O) groups is 1. The molecule has 0 radical (unpaired) electrons. The molecule has 0 aliphatic rings. The lowest BCUT2D eigenvalue weighted by Crippen LogP contribution is -2.30. The van der Waals surface area contributed by atoms with E-state index in [-0.39, 0.29) is 5.78 Å². The van der Waals surface area contributed by atoms with Crippen LogP contribution in [0.15, 0.2) is 97.7 Å². The molecule has 5 aromatic rings. The summed E-state index contributed by atoms with van der Waals surface area (Å²) in [6.45, 7) is 0.629. The minimum absolute atomic E-state index is 0.0210. The first-order valence-electron chi connectivity index (χ1n) is 11.1. The van der Waals surface area contributed by atoms with Crippen molar-refractivity contribution in [3.63, 3.8) is 0 Å². The zero-order valence-corrected chi connectivity index (χ0v) is 18.5. The Balaban J connectivity index is 1.39. The molecule has 0 amide bonds. The van der Waals surface area contributed by atoms with E-state index >= 15 is 0 Å². The zero-order chi connectivity index (χ0) is 23.3. The summed E-state index contributed by atoms with van der Waals surface area (Å²) in [7, 11) is 0. The van der Waals surface area contributed by atoms with E-state index in [1.54, 1.807) is 18.7 Å². The molecule has 2 heterocycles. The van der Waals surface area contributed by atoms with Crippen LogP contribution < -0.4 is 5.32 Å². The topological polar surface area (TPSA) is 86.5 Å². The molecule has 0 spiro atoms. The molecule has 0 bridgehead atoms. The Labute approximate surface area is 197 Å². The number of aromatic amines is 1. The zero-order valence-electron chi connectivity index (χ0n) is 18.5. The maximum absolute atomic E-state index is 13.7. The summed E-state index contributed by atoms with van der Waals surface area (Å²) in [5.74, 6) is 0.0210. The van der Waals surface area contributed by atoms with Crippen LogP contribution in [0.4, 0.5) is 0 Å². The lowest BCUT2D eigenvalue weighted by molar-refractivity contribution is 0.0945. The Bertz CT molecular complexity index is 1440. The van der Waals surface area contributed by atoms with Gasteiger partial charge in [-0.2, -0.15) is 5.26 Å². The van der Waals surface area contributed by atoms with Gasteiger partial charge in [0.1, 0.15) is 0 Å². The van der Waals surface area contributed by atoms with Crippen molar-refractivity contribution in [2.45, 2.75) is 12.5 Å². The maximum Gasteiger partial charge on any atom is 0.186 e. The largest absolute Gasteiger partial charge is 0.360 e. The number of ketones is 1. The van der Waals surface area contributed by atoms with Crippen LogP contribution in [0, 0.1) is 11.3 Å². The second kappa shape index (κ2) is 9.57. The predicted molar refractivity (Wildman–Crippen MR) is 132 cm³/mol. The number of Topliss-reactive ketones (excluding diaryl/α,β-unsaturated/α-hetero) is 1. The number of carbonyl (C=O) groups excluding carboxylic acids is 1. The molecule has 0 aliphatic carbocycles. The minimum atomic E-state index is -0.466. The number of H-pyrrole nitrogens is 1. The van der Waals surface area contributed by atoms with E-state index in [1.807, 2.05) is 83.6 Å². The van der Waals surface area contributed by atoms with Crippen LogP contribution in [0.1, 0.15) is 33.1 Å². The van der Waals surface area contributed by atoms with Gasteiger partial charge in [-0.05, 0) is 41.8 Å². The molecule has 2 aromatic heterocycles. The van der Waals surface area contributed by atoms with Crippen LogP contribution in [0.5, 0.6) is 0 Å². The highest BCUT2D eigenvalue weighted by molar-refractivity contribution is 6.10. The number of benzene rings is 3. The Morgan fingerprint density at radius 2 is 1.91 bits per heavy atom. The van der Waals surface area contributed by atoms with Crippen molar-refractivity contribution < 1.29 is 4.79 Å². The first-order chi connectivity index (χ1) is 16.7. The van der Waals surface area contributed by atoms with Gasteiger partial charge >= 0.3 is 0 Å². The fourth-order valence-electron chi connectivity index (χ4n) is 4.16. The van der Waals surface area contributed by atoms with Gasteiger partial charge in [0.2, 0.25) is 0 Å². The van der Waals surface area contributed by atoms with Crippen molar-refractivity contribution in [2.75, 3.05) is 6.54 Å². The van der Waals surface area contributed by atoms with Gasteiger partial charge < -0.3 is 14.9 Å². The summed E-state index contributed by atoms with van der Waals surface area (Å²) in [4.78, 5) is 21.1. The Morgan fingerprint density at radius 3 is 2.65 bits per heavy atom. The van der Waals surface area contributed by atoms with Gasteiger partial charge in [-0.3, -0.25) is 4.79 Å². The van der Waals surface area contributed by atoms with E-state index in [9.17, 15) is 4.79 Å². The SMILES string of the molecule is N#Cc1ccc(CCNC(C(=O)c2c[nH]c3cc(-n4ccnc4)ccc23)c2ccccc2)cc1. The molecule has 166 valence electrons. The van der Waals surface area contributed by atoms with E-state index in [0.29, 0.717) is 17.7 Å². The summed E-state index contributed by atoms with van der Waals surface area (Å²) in [5, 5.41) is 13.3. The first kappa shape index (κ1) is 21.4. The molecule has 6 nitrogen and oxygen atoms in total. The van der Waals surface area contributed by atoms with Crippen molar-refractivity contribution >= 4 is 16.7 Å². The number of nitrogens with one attached hydrogen (secondary N) is 2.